The predicted octanol–water partition coefficient (Wildman–Crippen LogP) is 3.57. The molecular weight excluding hydrogens is 282 g/mol. The molecule has 0 spiro atoms. The molecule has 0 bridgehead atoms. The molecule has 0 radical (unpaired) electrons. The van der Waals surface area contributed by atoms with Gasteiger partial charge in [-0.3, -0.25) is 4.79 Å². The fourth-order valence-electron chi connectivity index (χ4n) is 3.02. The smallest absolute Gasteiger partial charge is 0.235 e. The van der Waals surface area contributed by atoms with E-state index >= 15 is 0 Å². The van der Waals surface area contributed by atoms with E-state index in [-0.39, 0.29) is 11.3 Å². The summed E-state index contributed by atoms with van der Waals surface area (Å²) in [6.45, 7) is 0. The summed E-state index contributed by atoms with van der Waals surface area (Å²) >= 11 is 1.67. The van der Waals surface area contributed by atoms with Crippen LogP contribution in [0.3, 0.4) is 0 Å². The second-order valence-electron chi connectivity index (χ2n) is 5.55. The van der Waals surface area contributed by atoms with E-state index in [0.717, 1.165) is 25.7 Å². The highest BCUT2D eigenvalue weighted by Gasteiger charge is 2.41. The molecule has 1 saturated carbocycles. The summed E-state index contributed by atoms with van der Waals surface area (Å²) in [5.41, 5.74) is 5.90. The van der Waals surface area contributed by atoms with E-state index < -0.39 is 0 Å². The molecule has 0 aliphatic heterocycles. The van der Waals surface area contributed by atoms with Crippen molar-refractivity contribution in [1.82, 2.24) is 4.98 Å². The summed E-state index contributed by atoms with van der Waals surface area (Å²) in [4.78, 5) is 18.1. The number of carbonyl (C=O) groups excluding carboxylic acids is 1. The van der Waals surface area contributed by atoms with Crippen LogP contribution in [0.1, 0.15) is 37.0 Å². The monoisotopic (exact) mass is 301 g/mol. The van der Waals surface area contributed by atoms with Crippen LogP contribution in [0.15, 0.2) is 35.8 Å². The summed E-state index contributed by atoms with van der Waals surface area (Å²) in [7, 11) is 0. The number of nitrogens with two attached hydrogens (primary N) is 1. The molecule has 1 aliphatic carbocycles. The van der Waals surface area contributed by atoms with Gasteiger partial charge in [-0.2, -0.15) is 0 Å². The molecule has 2 aromatic heterocycles. The fourth-order valence-corrected chi connectivity index (χ4v) is 4.00. The number of thiophene rings is 1. The first kappa shape index (κ1) is 14.1. The van der Waals surface area contributed by atoms with Crippen LogP contribution < -0.4 is 11.1 Å². The summed E-state index contributed by atoms with van der Waals surface area (Å²) < 4.78 is 0. The Morgan fingerprint density at radius 3 is 2.67 bits per heavy atom. The third-order valence-electron chi connectivity index (χ3n) is 4.18. The standard InChI is InChI=1S/C16H19N3OS/c17-14-7-6-12(11-18-14)19-15(20)16(8-2-1-3-9-16)13-5-4-10-21-13/h4-7,10-11H,1-3,8-9H2,(H2,17,18)(H,19,20). The number of pyridine rings is 1. The average molecular weight is 301 g/mol. The van der Waals surface area contributed by atoms with Gasteiger partial charge in [0, 0.05) is 4.88 Å². The lowest BCUT2D eigenvalue weighted by Crippen LogP contribution is -2.41. The SMILES string of the molecule is Nc1ccc(NC(=O)C2(c3cccs3)CCCCC2)cn1. The molecule has 21 heavy (non-hydrogen) atoms. The van der Waals surface area contributed by atoms with Crippen molar-refractivity contribution in [2.45, 2.75) is 37.5 Å². The van der Waals surface area contributed by atoms with Gasteiger partial charge in [-0.25, -0.2) is 4.98 Å². The van der Waals surface area contributed by atoms with E-state index in [1.165, 1.54) is 11.3 Å². The highest BCUT2D eigenvalue weighted by atomic mass is 32.1. The maximum absolute atomic E-state index is 12.9. The quantitative estimate of drug-likeness (QED) is 0.910. The Morgan fingerprint density at radius 1 is 1.24 bits per heavy atom. The Labute approximate surface area is 128 Å². The first-order chi connectivity index (χ1) is 10.2. The molecule has 0 atom stereocenters. The molecule has 1 aliphatic rings. The summed E-state index contributed by atoms with van der Waals surface area (Å²) in [6, 6.07) is 7.60. The Hall–Kier alpha value is -1.88. The van der Waals surface area contributed by atoms with Gasteiger partial charge in [0.05, 0.1) is 17.3 Å². The summed E-state index contributed by atoms with van der Waals surface area (Å²) in [5.74, 6) is 0.537. The van der Waals surface area contributed by atoms with Crippen molar-refractivity contribution in [3.05, 3.63) is 40.7 Å². The van der Waals surface area contributed by atoms with Gasteiger partial charge in [0.15, 0.2) is 0 Å². The van der Waals surface area contributed by atoms with Crippen molar-refractivity contribution < 1.29 is 4.79 Å². The van der Waals surface area contributed by atoms with Crippen LogP contribution in [0.4, 0.5) is 11.5 Å². The molecule has 4 nitrogen and oxygen atoms in total. The normalized spacial score (nSPS) is 17.3. The largest absolute Gasteiger partial charge is 0.384 e. The molecule has 5 heteroatoms. The van der Waals surface area contributed by atoms with Crippen LogP contribution in [0, 0.1) is 0 Å². The summed E-state index contributed by atoms with van der Waals surface area (Å²) in [6.07, 6.45) is 6.86. The van der Waals surface area contributed by atoms with E-state index in [2.05, 4.69) is 16.4 Å². The van der Waals surface area contributed by atoms with Crippen LogP contribution in [-0.2, 0) is 10.2 Å². The zero-order valence-electron chi connectivity index (χ0n) is 11.8. The van der Waals surface area contributed by atoms with Crippen molar-refractivity contribution in [1.29, 1.82) is 0 Å². The lowest BCUT2D eigenvalue weighted by Gasteiger charge is -2.35. The highest BCUT2D eigenvalue weighted by Crippen LogP contribution is 2.42. The second-order valence-corrected chi connectivity index (χ2v) is 6.49. The number of nitrogens with zero attached hydrogens (tertiary/aromatic N) is 1. The Kier molecular flexibility index (Phi) is 3.92. The number of carbonyl (C=O) groups is 1. The van der Waals surface area contributed by atoms with Crippen LogP contribution in [-0.4, -0.2) is 10.9 Å². The Balaban J connectivity index is 1.86. The maximum atomic E-state index is 12.9. The minimum Gasteiger partial charge on any atom is -0.384 e. The molecule has 2 heterocycles. The van der Waals surface area contributed by atoms with Crippen LogP contribution in [0.25, 0.3) is 0 Å². The molecule has 1 fully saturated rings. The van der Waals surface area contributed by atoms with Crippen molar-refractivity contribution >= 4 is 28.7 Å². The van der Waals surface area contributed by atoms with Crippen molar-refractivity contribution in [3.8, 4) is 0 Å². The molecule has 110 valence electrons. The maximum Gasteiger partial charge on any atom is 0.235 e. The van der Waals surface area contributed by atoms with Gasteiger partial charge in [-0.1, -0.05) is 25.3 Å². The average Bonchev–Trinajstić information content (AvgIpc) is 3.05. The second kappa shape index (κ2) is 5.85. The highest BCUT2D eigenvalue weighted by molar-refractivity contribution is 7.10. The molecule has 3 N–H and O–H groups in total. The van der Waals surface area contributed by atoms with Crippen LogP contribution in [0.2, 0.25) is 0 Å². The molecule has 1 amide bonds. The number of anilines is 2. The van der Waals surface area contributed by atoms with Crippen LogP contribution in [0.5, 0.6) is 0 Å². The number of hydrogen-bond acceptors (Lipinski definition) is 4. The van der Waals surface area contributed by atoms with E-state index in [1.807, 2.05) is 11.4 Å². The van der Waals surface area contributed by atoms with Gasteiger partial charge >= 0.3 is 0 Å². The van der Waals surface area contributed by atoms with Gasteiger partial charge in [0.1, 0.15) is 5.82 Å². The van der Waals surface area contributed by atoms with Gasteiger partial charge in [0.25, 0.3) is 0 Å². The summed E-state index contributed by atoms with van der Waals surface area (Å²) in [5, 5.41) is 5.06. The molecule has 3 rings (SSSR count). The molecule has 0 saturated heterocycles. The van der Waals surface area contributed by atoms with Crippen LogP contribution >= 0.6 is 11.3 Å². The minimum atomic E-state index is -0.381. The fraction of sp³-hybridized carbons (Fsp3) is 0.375. The van der Waals surface area contributed by atoms with Gasteiger partial charge in [-0.05, 0) is 36.4 Å². The number of amides is 1. The Bertz CT molecular complexity index is 601. The van der Waals surface area contributed by atoms with E-state index in [1.54, 1.807) is 29.7 Å². The van der Waals surface area contributed by atoms with E-state index in [4.69, 9.17) is 5.73 Å². The molecule has 0 aromatic carbocycles. The number of rotatable bonds is 3. The van der Waals surface area contributed by atoms with Gasteiger partial charge < -0.3 is 11.1 Å². The topological polar surface area (TPSA) is 68.0 Å². The lowest BCUT2D eigenvalue weighted by atomic mass is 9.72. The molecule has 0 unspecified atom stereocenters. The number of aromatic nitrogens is 1. The minimum absolute atomic E-state index is 0.0798. The van der Waals surface area contributed by atoms with E-state index in [9.17, 15) is 4.79 Å². The zero-order valence-corrected chi connectivity index (χ0v) is 12.7. The molecular formula is C16H19N3OS. The predicted molar refractivity (Wildman–Crippen MR) is 86.4 cm³/mol. The lowest BCUT2D eigenvalue weighted by molar-refractivity contribution is -0.122. The number of nitrogen functional groups attached to an aromatic ring is 1. The number of hydrogen-bond donors (Lipinski definition) is 2. The third kappa shape index (κ3) is 2.78. The zero-order chi connectivity index (χ0) is 14.7. The number of nitrogens with one attached hydrogen (secondary N) is 1. The first-order valence-electron chi connectivity index (χ1n) is 7.28. The Morgan fingerprint density at radius 2 is 2.05 bits per heavy atom. The van der Waals surface area contributed by atoms with E-state index in [0.29, 0.717) is 11.5 Å². The third-order valence-corrected chi connectivity index (χ3v) is 5.25. The molecule has 2 aromatic rings. The first-order valence-corrected chi connectivity index (χ1v) is 8.16. The van der Waals surface area contributed by atoms with Gasteiger partial charge in [0.2, 0.25) is 5.91 Å². The van der Waals surface area contributed by atoms with Crippen molar-refractivity contribution in [2.24, 2.45) is 0 Å². The van der Waals surface area contributed by atoms with Gasteiger partial charge in [-0.15, -0.1) is 11.3 Å². The van der Waals surface area contributed by atoms with Crippen molar-refractivity contribution in [2.75, 3.05) is 11.1 Å². The van der Waals surface area contributed by atoms with Crippen molar-refractivity contribution in [3.63, 3.8) is 0 Å².